The summed E-state index contributed by atoms with van der Waals surface area (Å²) in [4.78, 5) is 12.6. The number of amides is 1. The highest BCUT2D eigenvalue weighted by molar-refractivity contribution is 7.92. The number of benzene rings is 3. The van der Waals surface area contributed by atoms with Crippen LogP contribution in [0.15, 0.2) is 71.6 Å². The van der Waals surface area contributed by atoms with Gasteiger partial charge in [0.2, 0.25) is 5.91 Å². The van der Waals surface area contributed by atoms with E-state index in [1.165, 1.54) is 18.2 Å². The molecule has 3 aromatic rings. The van der Waals surface area contributed by atoms with Crippen molar-refractivity contribution in [3.63, 3.8) is 0 Å². The maximum atomic E-state index is 13.4. The molecule has 0 unspecified atom stereocenters. The molecule has 0 radical (unpaired) electrons. The number of nitrogens with one attached hydrogen (secondary N) is 1. The van der Waals surface area contributed by atoms with Gasteiger partial charge in [0.1, 0.15) is 6.54 Å². The van der Waals surface area contributed by atoms with Crippen LogP contribution in [0.25, 0.3) is 0 Å². The van der Waals surface area contributed by atoms with Crippen molar-refractivity contribution in [2.45, 2.75) is 18.7 Å². The van der Waals surface area contributed by atoms with E-state index in [4.69, 9.17) is 0 Å². The minimum Gasteiger partial charge on any atom is -0.324 e. The van der Waals surface area contributed by atoms with Gasteiger partial charge in [-0.3, -0.25) is 9.10 Å². The summed E-state index contributed by atoms with van der Waals surface area (Å²) in [7, 11) is -4.05. The van der Waals surface area contributed by atoms with Gasteiger partial charge >= 0.3 is 0 Å². The zero-order valence-corrected chi connectivity index (χ0v) is 17.2. The summed E-state index contributed by atoms with van der Waals surface area (Å²) in [6.45, 7) is 3.11. The van der Waals surface area contributed by atoms with Crippen molar-refractivity contribution in [2.24, 2.45) is 0 Å². The molecule has 0 aromatic heterocycles. The largest absolute Gasteiger partial charge is 0.324 e. The average molecular weight is 430 g/mol. The molecule has 0 aliphatic carbocycles. The summed E-state index contributed by atoms with van der Waals surface area (Å²) in [5, 5.41) is 2.41. The number of halogens is 2. The lowest BCUT2D eigenvalue weighted by atomic mass is 10.1. The molecule has 1 N–H and O–H groups in total. The molecule has 0 spiro atoms. The van der Waals surface area contributed by atoms with Crippen LogP contribution in [0.1, 0.15) is 11.1 Å². The van der Waals surface area contributed by atoms with Gasteiger partial charge in [-0.15, -0.1) is 0 Å². The van der Waals surface area contributed by atoms with Crippen LogP contribution in [0.3, 0.4) is 0 Å². The highest BCUT2D eigenvalue weighted by Crippen LogP contribution is 2.26. The molecule has 0 atom stereocenters. The SMILES string of the molecule is Cc1cc(C)cc(N(CC(=O)Nc2ccc(F)c(F)c2)S(=O)(=O)c2ccccc2)c1. The van der Waals surface area contributed by atoms with Crippen LogP contribution >= 0.6 is 0 Å². The molecule has 1 amide bonds. The quantitative estimate of drug-likeness (QED) is 0.630. The third kappa shape index (κ3) is 4.83. The first-order valence-electron chi connectivity index (χ1n) is 9.08. The van der Waals surface area contributed by atoms with Crippen molar-refractivity contribution < 1.29 is 22.0 Å². The molecule has 0 bridgehead atoms. The summed E-state index contributed by atoms with van der Waals surface area (Å²) in [5.74, 6) is -2.85. The fourth-order valence-electron chi connectivity index (χ4n) is 3.03. The van der Waals surface area contributed by atoms with Gasteiger partial charge in [0.05, 0.1) is 10.6 Å². The zero-order valence-electron chi connectivity index (χ0n) is 16.4. The number of nitrogens with zero attached hydrogens (tertiary/aromatic N) is 1. The fraction of sp³-hybridized carbons (Fsp3) is 0.136. The number of sulfonamides is 1. The Kier molecular flexibility index (Phi) is 6.17. The third-order valence-electron chi connectivity index (χ3n) is 4.32. The Morgan fingerprint density at radius 1 is 0.900 bits per heavy atom. The van der Waals surface area contributed by atoms with Gasteiger partial charge in [0.25, 0.3) is 10.0 Å². The Hall–Kier alpha value is -3.26. The highest BCUT2D eigenvalue weighted by atomic mass is 32.2. The molecular formula is C22H20F2N2O3S. The van der Waals surface area contributed by atoms with Crippen LogP contribution in [-0.2, 0) is 14.8 Å². The average Bonchev–Trinajstić information content (AvgIpc) is 2.69. The van der Waals surface area contributed by atoms with E-state index < -0.39 is 34.1 Å². The Morgan fingerprint density at radius 3 is 2.13 bits per heavy atom. The number of carbonyl (C=O) groups is 1. The van der Waals surface area contributed by atoms with Crippen molar-refractivity contribution in [1.29, 1.82) is 0 Å². The van der Waals surface area contributed by atoms with Crippen LogP contribution < -0.4 is 9.62 Å². The maximum Gasteiger partial charge on any atom is 0.264 e. The van der Waals surface area contributed by atoms with Crippen molar-refractivity contribution >= 4 is 27.3 Å². The Balaban J connectivity index is 1.97. The molecule has 0 aliphatic heterocycles. The van der Waals surface area contributed by atoms with Crippen molar-refractivity contribution in [3.05, 3.63) is 89.5 Å². The molecular weight excluding hydrogens is 410 g/mol. The van der Waals surface area contributed by atoms with Gasteiger partial charge in [0, 0.05) is 11.8 Å². The van der Waals surface area contributed by atoms with Gasteiger partial charge in [-0.1, -0.05) is 24.3 Å². The summed E-state index contributed by atoms with van der Waals surface area (Å²) >= 11 is 0. The number of hydrogen-bond donors (Lipinski definition) is 1. The number of rotatable bonds is 6. The molecule has 8 heteroatoms. The predicted octanol–water partition coefficient (Wildman–Crippen LogP) is 4.42. The number of hydrogen-bond acceptors (Lipinski definition) is 3. The second-order valence-electron chi connectivity index (χ2n) is 6.85. The normalized spacial score (nSPS) is 11.2. The molecule has 0 saturated carbocycles. The molecule has 0 heterocycles. The van der Waals surface area contributed by atoms with Crippen molar-refractivity contribution in [2.75, 3.05) is 16.2 Å². The van der Waals surface area contributed by atoms with Crippen LogP contribution in [0.2, 0.25) is 0 Å². The smallest absolute Gasteiger partial charge is 0.264 e. The van der Waals surface area contributed by atoms with E-state index in [0.29, 0.717) is 5.69 Å². The lowest BCUT2D eigenvalue weighted by molar-refractivity contribution is -0.114. The monoisotopic (exact) mass is 430 g/mol. The minimum absolute atomic E-state index is 0.0244. The number of aryl methyl sites for hydroxylation is 2. The maximum absolute atomic E-state index is 13.4. The molecule has 5 nitrogen and oxygen atoms in total. The topological polar surface area (TPSA) is 66.5 Å². The molecule has 0 aliphatic rings. The predicted molar refractivity (Wildman–Crippen MR) is 112 cm³/mol. The van der Waals surface area contributed by atoms with E-state index in [2.05, 4.69) is 5.32 Å². The lowest BCUT2D eigenvalue weighted by Crippen LogP contribution is -2.38. The molecule has 156 valence electrons. The first kappa shape index (κ1) is 21.4. The second-order valence-corrected chi connectivity index (χ2v) is 8.71. The van der Waals surface area contributed by atoms with E-state index in [-0.39, 0.29) is 10.6 Å². The molecule has 3 rings (SSSR count). The second kappa shape index (κ2) is 8.62. The molecule has 0 fully saturated rings. The highest BCUT2D eigenvalue weighted by Gasteiger charge is 2.27. The van der Waals surface area contributed by atoms with E-state index in [9.17, 15) is 22.0 Å². The van der Waals surface area contributed by atoms with E-state index >= 15 is 0 Å². The number of carbonyl (C=O) groups excluding carboxylic acids is 1. The standard InChI is InChI=1S/C22H20F2N2O3S/c1-15-10-16(2)12-18(11-15)26(30(28,29)19-6-4-3-5-7-19)14-22(27)25-17-8-9-20(23)21(24)13-17/h3-13H,14H2,1-2H3,(H,25,27). The van der Waals surface area contributed by atoms with Crippen LogP contribution in [-0.4, -0.2) is 20.9 Å². The third-order valence-corrected chi connectivity index (χ3v) is 6.10. The van der Waals surface area contributed by atoms with Gasteiger partial charge in [-0.05, 0) is 61.4 Å². The Bertz CT molecular complexity index is 1160. The van der Waals surface area contributed by atoms with Gasteiger partial charge < -0.3 is 5.32 Å². The van der Waals surface area contributed by atoms with Crippen molar-refractivity contribution in [3.8, 4) is 0 Å². The van der Waals surface area contributed by atoms with Gasteiger partial charge in [-0.2, -0.15) is 0 Å². The molecule has 30 heavy (non-hydrogen) atoms. The first-order chi connectivity index (χ1) is 14.2. The van der Waals surface area contributed by atoms with E-state index in [0.717, 1.165) is 27.6 Å². The van der Waals surface area contributed by atoms with E-state index in [1.54, 1.807) is 30.3 Å². The number of anilines is 2. The van der Waals surface area contributed by atoms with Crippen molar-refractivity contribution in [1.82, 2.24) is 0 Å². The summed E-state index contributed by atoms with van der Waals surface area (Å²) in [6, 6.07) is 15.9. The first-order valence-corrected chi connectivity index (χ1v) is 10.5. The fourth-order valence-corrected chi connectivity index (χ4v) is 4.46. The summed E-state index contributed by atoms with van der Waals surface area (Å²) < 4.78 is 54.1. The Morgan fingerprint density at radius 2 is 1.53 bits per heavy atom. The van der Waals surface area contributed by atoms with Crippen LogP contribution in [0.4, 0.5) is 20.2 Å². The van der Waals surface area contributed by atoms with E-state index in [1.807, 2.05) is 19.9 Å². The molecule has 0 saturated heterocycles. The summed E-state index contributed by atoms with van der Waals surface area (Å²) in [6.07, 6.45) is 0. The van der Waals surface area contributed by atoms with Gasteiger partial charge in [0.15, 0.2) is 11.6 Å². The summed E-state index contributed by atoms with van der Waals surface area (Å²) in [5.41, 5.74) is 2.02. The molecule has 3 aromatic carbocycles. The van der Waals surface area contributed by atoms with Gasteiger partial charge in [-0.25, -0.2) is 17.2 Å². The Labute approximate surface area is 174 Å². The minimum atomic E-state index is -4.05. The lowest BCUT2D eigenvalue weighted by Gasteiger charge is -2.25. The zero-order chi connectivity index (χ0) is 21.9. The van der Waals surface area contributed by atoms with Crippen LogP contribution in [0, 0.1) is 25.5 Å². The van der Waals surface area contributed by atoms with Crippen LogP contribution in [0.5, 0.6) is 0 Å².